The van der Waals surface area contributed by atoms with Gasteiger partial charge in [-0.1, -0.05) is 79.0 Å². The molecular formula is C27H25Cl3O3. The lowest BCUT2D eigenvalue weighted by molar-refractivity contribution is -0.150. The lowest BCUT2D eigenvalue weighted by Gasteiger charge is -2.25. The quantitative estimate of drug-likeness (QED) is 0.288. The number of hydrogen-bond donors (Lipinski definition) is 0. The standard InChI is InChI=1S/C27H25Cl3O3/c1-4-24(30)26(33-27(31)25(17(2)3)18-8-10-20(28)11-9-18)19-6-5-7-23(16-19)32-22-14-12-21(29)13-15-22/h4-17,25-26H,1-3H3/b24-4+. The molecule has 0 aliphatic rings. The molecule has 0 N–H and O–H groups in total. The van der Waals surface area contributed by atoms with E-state index in [1.165, 1.54) is 0 Å². The molecular weight excluding hydrogens is 479 g/mol. The van der Waals surface area contributed by atoms with Gasteiger partial charge in [0.15, 0.2) is 6.10 Å². The van der Waals surface area contributed by atoms with Crippen molar-refractivity contribution >= 4 is 40.8 Å². The van der Waals surface area contributed by atoms with Crippen molar-refractivity contribution in [3.8, 4) is 11.5 Å². The van der Waals surface area contributed by atoms with E-state index in [4.69, 9.17) is 44.3 Å². The number of allylic oxidation sites excluding steroid dienone is 1. The molecule has 3 aromatic rings. The van der Waals surface area contributed by atoms with E-state index in [0.29, 0.717) is 32.1 Å². The van der Waals surface area contributed by atoms with Gasteiger partial charge in [-0.05, 0) is 66.9 Å². The van der Waals surface area contributed by atoms with Crippen LogP contribution in [-0.4, -0.2) is 5.97 Å². The lowest BCUT2D eigenvalue weighted by atomic mass is 9.88. The number of carbonyl (C=O) groups excluding carboxylic acids is 1. The second kappa shape index (κ2) is 11.6. The minimum atomic E-state index is -0.758. The van der Waals surface area contributed by atoms with Gasteiger partial charge < -0.3 is 9.47 Å². The Balaban J connectivity index is 1.87. The van der Waals surface area contributed by atoms with Crippen molar-refractivity contribution < 1.29 is 14.3 Å². The van der Waals surface area contributed by atoms with Gasteiger partial charge in [-0.25, -0.2) is 0 Å². The highest BCUT2D eigenvalue weighted by Gasteiger charge is 2.30. The first kappa shape index (κ1) is 25.2. The molecule has 0 saturated carbocycles. The van der Waals surface area contributed by atoms with Crippen molar-refractivity contribution in [2.24, 2.45) is 5.92 Å². The Labute approximate surface area is 209 Å². The van der Waals surface area contributed by atoms with Crippen LogP contribution in [0.5, 0.6) is 11.5 Å². The van der Waals surface area contributed by atoms with Crippen LogP contribution >= 0.6 is 34.8 Å². The molecule has 0 amide bonds. The van der Waals surface area contributed by atoms with Crippen LogP contribution in [0.4, 0.5) is 0 Å². The van der Waals surface area contributed by atoms with Crippen molar-refractivity contribution in [1.29, 1.82) is 0 Å². The molecule has 2 atom stereocenters. The average molecular weight is 504 g/mol. The summed E-state index contributed by atoms with van der Waals surface area (Å²) in [6, 6.07) is 21.6. The first-order valence-electron chi connectivity index (χ1n) is 10.6. The topological polar surface area (TPSA) is 35.5 Å². The third-order valence-electron chi connectivity index (χ3n) is 5.12. The predicted octanol–water partition coefficient (Wildman–Crippen LogP) is 8.95. The van der Waals surface area contributed by atoms with Crippen molar-refractivity contribution in [3.05, 3.63) is 105 Å². The van der Waals surface area contributed by atoms with Gasteiger partial charge in [0, 0.05) is 15.6 Å². The smallest absolute Gasteiger partial charge is 0.314 e. The summed E-state index contributed by atoms with van der Waals surface area (Å²) in [5, 5.41) is 1.65. The zero-order chi connectivity index (χ0) is 24.0. The van der Waals surface area contributed by atoms with E-state index in [-0.39, 0.29) is 11.9 Å². The maximum Gasteiger partial charge on any atom is 0.314 e. The predicted molar refractivity (Wildman–Crippen MR) is 135 cm³/mol. The van der Waals surface area contributed by atoms with Gasteiger partial charge >= 0.3 is 5.97 Å². The van der Waals surface area contributed by atoms with Crippen molar-refractivity contribution in [3.63, 3.8) is 0 Å². The number of carbonyl (C=O) groups is 1. The number of hydrogen-bond acceptors (Lipinski definition) is 3. The summed E-state index contributed by atoms with van der Waals surface area (Å²) in [5.74, 6) is 0.434. The Morgan fingerprint density at radius 1 is 0.848 bits per heavy atom. The molecule has 0 saturated heterocycles. The Morgan fingerprint density at radius 3 is 2.03 bits per heavy atom. The molecule has 0 aliphatic heterocycles. The summed E-state index contributed by atoms with van der Waals surface area (Å²) in [4.78, 5) is 13.3. The van der Waals surface area contributed by atoms with E-state index >= 15 is 0 Å². The van der Waals surface area contributed by atoms with E-state index in [0.717, 1.165) is 5.56 Å². The average Bonchev–Trinajstić information content (AvgIpc) is 2.80. The first-order chi connectivity index (χ1) is 15.8. The molecule has 3 nitrogen and oxygen atoms in total. The maximum absolute atomic E-state index is 13.3. The Hall–Kier alpha value is -2.46. The second-order valence-corrected chi connectivity index (χ2v) is 9.20. The fraction of sp³-hybridized carbons (Fsp3) is 0.222. The van der Waals surface area contributed by atoms with Gasteiger partial charge in [0.25, 0.3) is 0 Å². The Morgan fingerprint density at radius 2 is 1.45 bits per heavy atom. The summed E-state index contributed by atoms with van der Waals surface area (Å²) in [5.41, 5.74) is 1.55. The van der Waals surface area contributed by atoms with E-state index < -0.39 is 12.0 Å². The number of benzene rings is 3. The molecule has 0 spiro atoms. The Bertz CT molecular complexity index is 1110. The summed E-state index contributed by atoms with van der Waals surface area (Å²) in [6.07, 6.45) is 0.963. The number of ether oxygens (including phenoxy) is 2. The molecule has 6 heteroatoms. The fourth-order valence-corrected chi connectivity index (χ4v) is 3.89. The number of esters is 1. The van der Waals surface area contributed by atoms with E-state index in [1.807, 2.05) is 50.2 Å². The van der Waals surface area contributed by atoms with Gasteiger partial charge in [-0.2, -0.15) is 0 Å². The van der Waals surface area contributed by atoms with Crippen LogP contribution in [0.25, 0.3) is 0 Å². The molecule has 0 aliphatic carbocycles. The van der Waals surface area contributed by atoms with E-state index in [2.05, 4.69) is 0 Å². The monoisotopic (exact) mass is 502 g/mol. The van der Waals surface area contributed by atoms with Crippen molar-refractivity contribution in [2.45, 2.75) is 32.8 Å². The SMILES string of the molecule is C/C=C(/Cl)C(OC(=O)C(c1ccc(Cl)cc1)C(C)C)c1cccc(Oc2ccc(Cl)cc2)c1. The van der Waals surface area contributed by atoms with E-state index in [1.54, 1.807) is 49.4 Å². The zero-order valence-corrected chi connectivity index (χ0v) is 20.9. The third kappa shape index (κ3) is 6.77. The summed E-state index contributed by atoms with van der Waals surface area (Å²) in [7, 11) is 0. The van der Waals surface area contributed by atoms with Crippen LogP contribution in [-0.2, 0) is 9.53 Å². The van der Waals surface area contributed by atoms with Crippen molar-refractivity contribution in [2.75, 3.05) is 0 Å². The largest absolute Gasteiger partial charge is 0.457 e. The molecule has 0 radical (unpaired) electrons. The Kier molecular flexibility index (Phi) is 8.85. The third-order valence-corrected chi connectivity index (χ3v) is 6.04. The molecule has 0 heterocycles. The minimum Gasteiger partial charge on any atom is -0.457 e. The molecule has 0 aromatic heterocycles. The van der Waals surface area contributed by atoms with Crippen LogP contribution in [0.15, 0.2) is 83.9 Å². The molecule has 33 heavy (non-hydrogen) atoms. The highest BCUT2D eigenvalue weighted by atomic mass is 35.5. The number of rotatable bonds is 8. The number of halogens is 3. The summed E-state index contributed by atoms with van der Waals surface area (Å²) < 4.78 is 11.9. The molecule has 3 rings (SSSR count). The summed E-state index contributed by atoms with van der Waals surface area (Å²) >= 11 is 18.5. The van der Waals surface area contributed by atoms with Gasteiger partial charge in [0.1, 0.15) is 11.5 Å². The lowest BCUT2D eigenvalue weighted by Crippen LogP contribution is -2.23. The zero-order valence-electron chi connectivity index (χ0n) is 18.6. The van der Waals surface area contributed by atoms with Crippen LogP contribution in [0.1, 0.15) is 43.9 Å². The van der Waals surface area contributed by atoms with Crippen LogP contribution < -0.4 is 4.74 Å². The molecule has 0 bridgehead atoms. The van der Waals surface area contributed by atoms with Crippen LogP contribution in [0, 0.1) is 5.92 Å². The second-order valence-electron chi connectivity index (χ2n) is 7.89. The maximum atomic E-state index is 13.3. The van der Waals surface area contributed by atoms with Gasteiger partial charge in [-0.15, -0.1) is 0 Å². The first-order valence-corrected chi connectivity index (χ1v) is 11.7. The van der Waals surface area contributed by atoms with Crippen LogP contribution in [0.3, 0.4) is 0 Å². The summed E-state index contributed by atoms with van der Waals surface area (Å²) in [6.45, 7) is 5.76. The van der Waals surface area contributed by atoms with Gasteiger partial charge in [0.05, 0.1) is 11.0 Å². The normalized spacial score (nSPS) is 13.5. The highest BCUT2D eigenvalue weighted by Crippen LogP contribution is 2.35. The minimum absolute atomic E-state index is 0.0169. The fourth-order valence-electron chi connectivity index (χ4n) is 3.47. The van der Waals surface area contributed by atoms with Gasteiger partial charge in [0.2, 0.25) is 0 Å². The van der Waals surface area contributed by atoms with Gasteiger partial charge in [-0.3, -0.25) is 4.79 Å². The van der Waals surface area contributed by atoms with Crippen molar-refractivity contribution in [1.82, 2.24) is 0 Å². The molecule has 172 valence electrons. The molecule has 0 fully saturated rings. The molecule has 3 aromatic carbocycles. The van der Waals surface area contributed by atoms with Crippen LogP contribution in [0.2, 0.25) is 10.0 Å². The molecule has 2 unspecified atom stereocenters. The van der Waals surface area contributed by atoms with E-state index in [9.17, 15) is 4.79 Å². The highest BCUT2D eigenvalue weighted by molar-refractivity contribution is 6.31.